The predicted molar refractivity (Wildman–Crippen MR) is 134 cm³/mol. The second-order valence-corrected chi connectivity index (χ2v) is 8.74. The maximum atomic E-state index is 13.6. The highest BCUT2D eigenvalue weighted by atomic mass is 16.4. The van der Waals surface area contributed by atoms with Gasteiger partial charge in [-0.2, -0.15) is 0 Å². The highest BCUT2D eigenvalue weighted by Crippen LogP contribution is 2.31. The van der Waals surface area contributed by atoms with Crippen LogP contribution in [0.15, 0.2) is 78.9 Å². The average molecular weight is 456 g/mol. The van der Waals surface area contributed by atoms with Gasteiger partial charge in [0.05, 0.1) is 6.54 Å². The van der Waals surface area contributed by atoms with Crippen LogP contribution >= 0.6 is 0 Å². The number of amides is 1. The Labute approximate surface area is 200 Å². The molecule has 1 aliphatic rings. The molecule has 4 rings (SSSR count). The van der Waals surface area contributed by atoms with Crippen LogP contribution in [-0.2, 0) is 16.1 Å². The predicted octanol–water partition coefficient (Wildman–Crippen LogP) is 6.27. The Morgan fingerprint density at radius 2 is 1.65 bits per heavy atom. The van der Waals surface area contributed by atoms with Crippen molar-refractivity contribution in [2.24, 2.45) is 5.92 Å². The van der Waals surface area contributed by atoms with Crippen molar-refractivity contribution in [2.45, 2.75) is 38.6 Å². The van der Waals surface area contributed by atoms with E-state index in [1.54, 1.807) is 12.1 Å². The molecule has 1 fully saturated rings. The molecule has 0 atom stereocenters. The maximum absolute atomic E-state index is 13.6. The van der Waals surface area contributed by atoms with Gasteiger partial charge in [0.25, 0.3) is 0 Å². The van der Waals surface area contributed by atoms with E-state index in [1.807, 2.05) is 65.6 Å². The van der Waals surface area contributed by atoms with Gasteiger partial charge in [0.15, 0.2) is 0 Å². The Kier molecular flexibility index (Phi) is 7.43. The van der Waals surface area contributed by atoms with Crippen LogP contribution in [-0.4, -0.2) is 22.1 Å². The number of benzene rings is 3. The number of aliphatic carboxylic acids is 1. The maximum Gasteiger partial charge on any atom is 0.328 e. The van der Waals surface area contributed by atoms with Gasteiger partial charge in [-0.05, 0) is 53.8 Å². The van der Waals surface area contributed by atoms with Crippen molar-refractivity contribution in [3.63, 3.8) is 0 Å². The second kappa shape index (κ2) is 10.8. The highest BCUT2D eigenvalue weighted by molar-refractivity contribution is 5.95. The third kappa shape index (κ3) is 5.73. The second-order valence-electron chi connectivity index (χ2n) is 8.74. The summed E-state index contributed by atoms with van der Waals surface area (Å²) < 4.78 is 0. The smallest absolute Gasteiger partial charge is 0.328 e. The van der Waals surface area contributed by atoms with Crippen LogP contribution < -0.4 is 4.90 Å². The number of hydrogen-bond donors (Lipinski definition) is 2. The highest BCUT2D eigenvalue weighted by Gasteiger charge is 2.27. The number of carboxylic acid groups (broad SMARTS) is 1. The molecule has 34 heavy (non-hydrogen) atoms. The van der Waals surface area contributed by atoms with Gasteiger partial charge in [0, 0.05) is 23.2 Å². The normalized spacial score (nSPS) is 14.2. The van der Waals surface area contributed by atoms with E-state index < -0.39 is 5.97 Å². The molecule has 1 aliphatic carbocycles. The van der Waals surface area contributed by atoms with Gasteiger partial charge in [0.2, 0.25) is 5.91 Å². The largest absolute Gasteiger partial charge is 0.507 e. The lowest BCUT2D eigenvalue weighted by Gasteiger charge is -2.30. The van der Waals surface area contributed by atoms with Crippen LogP contribution in [0, 0.1) is 5.92 Å². The zero-order valence-corrected chi connectivity index (χ0v) is 19.1. The van der Waals surface area contributed by atoms with Gasteiger partial charge in [0.1, 0.15) is 5.75 Å². The van der Waals surface area contributed by atoms with Crippen molar-refractivity contribution < 1.29 is 19.8 Å². The van der Waals surface area contributed by atoms with Crippen molar-refractivity contribution >= 4 is 23.6 Å². The average Bonchev–Trinajstić information content (AvgIpc) is 2.87. The van der Waals surface area contributed by atoms with Gasteiger partial charge < -0.3 is 15.1 Å². The third-order valence-corrected chi connectivity index (χ3v) is 6.33. The number of rotatable bonds is 7. The molecule has 5 heteroatoms. The number of hydrogen-bond acceptors (Lipinski definition) is 3. The van der Waals surface area contributed by atoms with Crippen molar-refractivity contribution in [1.29, 1.82) is 0 Å². The minimum Gasteiger partial charge on any atom is -0.507 e. The minimum atomic E-state index is -1.01. The number of para-hydroxylation sites is 1. The molecule has 174 valence electrons. The summed E-state index contributed by atoms with van der Waals surface area (Å²) in [5.41, 5.74) is 4.15. The molecule has 2 N–H and O–H groups in total. The van der Waals surface area contributed by atoms with Crippen LogP contribution in [0.2, 0.25) is 0 Å². The molecule has 0 bridgehead atoms. The molecular formula is C29H29NO4. The van der Waals surface area contributed by atoms with Gasteiger partial charge in [-0.1, -0.05) is 73.9 Å². The van der Waals surface area contributed by atoms with Crippen LogP contribution in [0.1, 0.15) is 43.2 Å². The number of nitrogens with zero attached hydrogens (tertiary/aromatic N) is 1. The first-order valence-corrected chi connectivity index (χ1v) is 11.7. The number of carboxylic acids is 1. The fourth-order valence-corrected chi connectivity index (χ4v) is 4.52. The first-order chi connectivity index (χ1) is 16.5. The number of anilines is 1. The number of aromatic hydroxyl groups is 1. The van der Waals surface area contributed by atoms with E-state index >= 15 is 0 Å². The summed E-state index contributed by atoms with van der Waals surface area (Å²) in [7, 11) is 0. The zero-order chi connectivity index (χ0) is 23.9. The summed E-state index contributed by atoms with van der Waals surface area (Å²) >= 11 is 0. The Morgan fingerprint density at radius 3 is 2.35 bits per heavy atom. The van der Waals surface area contributed by atoms with Gasteiger partial charge >= 0.3 is 5.97 Å². The standard InChI is InChI=1S/C29H29NO4/c31-27-12-5-4-11-26(27)23-16-13-22(14-17-23)20-30(29(34)24-8-2-1-3-9-24)25-10-6-7-21(19-25)15-18-28(32)33/h4-7,10-19,24,31H,1-3,8-9,20H2,(H,32,33). The summed E-state index contributed by atoms with van der Waals surface area (Å²) in [4.78, 5) is 26.3. The summed E-state index contributed by atoms with van der Waals surface area (Å²) in [6, 6.07) is 22.5. The molecule has 0 spiro atoms. The van der Waals surface area contributed by atoms with Crippen molar-refractivity contribution in [3.8, 4) is 16.9 Å². The Balaban J connectivity index is 1.62. The molecule has 3 aromatic rings. The van der Waals surface area contributed by atoms with Crippen molar-refractivity contribution in [1.82, 2.24) is 0 Å². The monoisotopic (exact) mass is 455 g/mol. The quantitative estimate of drug-likeness (QED) is 0.412. The SMILES string of the molecule is O=C(O)C=Cc1cccc(N(Cc2ccc(-c3ccccc3O)cc2)C(=O)C2CCCCC2)c1. The molecule has 0 radical (unpaired) electrons. The van der Waals surface area contributed by atoms with E-state index in [1.165, 1.54) is 12.5 Å². The van der Waals surface area contributed by atoms with Crippen LogP contribution in [0.3, 0.4) is 0 Å². The van der Waals surface area contributed by atoms with E-state index in [0.717, 1.165) is 59.7 Å². The molecule has 1 saturated carbocycles. The first kappa shape index (κ1) is 23.3. The summed E-state index contributed by atoms with van der Waals surface area (Å²) in [6.07, 6.45) is 7.76. The molecular weight excluding hydrogens is 426 g/mol. The van der Waals surface area contributed by atoms with Crippen molar-refractivity contribution in [2.75, 3.05) is 4.90 Å². The fraction of sp³-hybridized carbons (Fsp3) is 0.241. The molecule has 5 nitrogen and oxygen atoms in total. The first-order valence-electron chi connectivity index (χ1n) is 11.7. The Bertz CT molecular complexity index is 1180. The Morgan fingerprint density at radius 1 is 0.912 bits per heavy atom. The molecule has 0 aromatic heterocycles. The summed E-state index contributed by atoms with van der Waals surface area (Å²) in [6.45, 7) is 0.419. The number of phenolic OH excluding ortho intramolecular Hbond substituents is 1. The van der Waals surface area contributed by atoms with Crippen molar-refractivity contribution in [3.05, 3.63) is 90.0 Å². The summed E-state index contributed by atoms with van der Waals surface area (Å²) in [5, 5.41) is 19.1. The molecule has 0 heterocycles. The van der Waals surface area contributed by atoms with E-state index in [-0.39, 0.29) is 17.6 Å². The Hall–Kier alpha value is -3.86. The van der Waals surface area contributed by atoms with Crippen LogP contribution in [0.5, 0.6) is 5.75 Å². The minimum absolute atomic E-state index is 0.00695. The lowest BCUT2D eigenvalue weighted by molar-refractivity contribution is -0.131. The zero-order valence-electron chi connectivity index (χ0n) is 19.1. The number of carbonyl (C=O) groups excluding carboxylic acids is 1. The van der Waals surface area contributed by atoms with Crippen LogP contribution in [0.25, 0.3) is 17.2 Å². The van der Waals surface area contributed by atoms with E-state index in [2.05, 4.69) is 0 Å². The lowest BCUT2D eigenvalue weighted by atomic mass is 9.88. The third-order valence-electron chi connectivity index (χ3n) is 6.33. The molecule has 0 unspecified atom stereocenters. The van der Waals surface area contributed by atoms with Gasteiger partial charge in [-0.15, -0.1) is 0 Å². The van der Waals surface area contributed by atoms with E-state index in [0.29, 0.717) is 6.54 Å². The molecule has 1 amide bonds. The van der Waals surface area contributed by atoms with Crippen LogP contribution in [0.4, 0.5) is 5.69 Å². The van der Waals surface area contributed by atoms with E-state index in [9.17, 15) is 14.7 Å². The summed E-state index contributed by atoms with van der Waals surface area (Å²) in [5.74, 6) is -0.656. The number of carbonyl (C=O) groups is 2. The molecule has 0 saturated heterocycles. The van der Waals surface area contributed by atoms with Gasteiger partial charge in [-0.25, -0.2) is 4.79 Å². The van der Waals surface area contributed by atoms with Gasteiger partial charge in [-0.3, -0.25) is 4.79 Å². The lowest BCUT2D eigenvalue weighted by Crippen LogP contribution is -2.36. The van der Waals surface area contributed by atoms with E-state index in [4.69, 9.17) is 5.11 Å². The topological polar surface area (TPSA) is 77.8 Å². The molecule has 3 aromatic carbocycles. The number of phenols is 1. The molecule has 0 aliphatic heterocycles. The fourth-order valence-electron chi connectivity index (χ4n) is 4.52.